The van der Waals surface area contributed by atoms with Gasteiger partial charge in [0.15, 0.2) is 0 Å². The first-order chi connectivity index (χ1) is 8.31. The van der Waals surface area contributed by atoms with Crippen LogP contribution in [0, 0.1) is 27.2 Å². The van der Waals surface area contributed by atoms with Gasteiger partial charge < -0.3 is 4.74 Å². The number of hydrogen-bond acceptors (Lipinski definition) is 5. The van der Waals surface area contributed by atoms with Gasteiger partial charge in [-0.1, -0.05) is 13.8 Å². The lowest BCUT2D eigenvalue weighted by Crippen LogP contribution is -2.05. The molecule has 18 heavy (non-hydrogen) atoms. The fourth-order valence-corrected chi connectivity index (χ4v) is 1.80. The summed E-state index contributed by atoms with van der Waals surface area (Å²) >= 11 is 0. The Morgan fingerprint density at radius 1 is 1.22 bits per heavy atom. The Bertz CT molecular complexity index is 511. The molecule has 0 unspecified atom stereocenters. The summed E-state index contributed by atoms with van der Waals surface area (Å²) in [6.07, 6.45) is 0. The molecule has 0 saturated heterocycles. The molecule has 0 spiro atoms. The molecule has 0 aliphatic heterocycles. The molecular formula is C11H14N2O5. The van der Waals surface area contributed by atoms with Gasteiger partial charge >= 0.3 is 5.69 Å². The third-order valence-corrected chi connectivity index (χ3v) is 2.71. The summed E-state index contributed by atoms with van der Waals surface area (Å²) in [5.41, 5.74) is -0.130. The summed E-state index contributed by atoms with van der Waals surface area (Å²) in [6, 6.07) is 1.34. The van der Waals surface area contributed by atoms with Gasteiger partial charge in [-0.25, -0.2) is 0 Å². The number of rotatable bonds is 4. The van der Waals surface area contributed by atoms with Gasteiger partial charge in [-0.05, 0) is 12.8 Å². The van der Waals surface area contributed by atoms with E-state index in [0.717, 1.165) is 0 Å². The van der Waals surface area contributed by atoms with Crippen LogP contribution in [0.5, 0.6) is 5.75 Å². The van der Waals surface area contributed by atoms with E-state index in [-0.39, 0.29) is 28.6 Å². The highest BCUT2D eigenvalue weighted by molar-refractivity contribution is 5.65. The molecule has 0 bridgehead atoms. The van der Waals surface area contributed by atoms with Crippen LogP contribution < -0.4 is 4.74 Å². The third-order valence-electron chi connectivity index (χ3n) is 2.71. The first-order valence-electron chi connectivity index (χ1n) is 5.31. The predicted molar refractivity (Wildman–Crippen MR) is 65.1 cm³/mol. The largest absolute Gasteiger partial charge is 0.490 e. The molecule has 1 aromatic carbocycles. The molecule has 1 rings (SSSR count). The molecule has 7 nitrogen and oxygen atoms in total. The first kappa shape index (κ1) is 13.9. The lowest BCUT2D eigenvalue weighted by atomic mass is 9.97. The molecule has 0 heterocycles. The van der Waals surface area contributed by atoms with Crippen LogP contribution >= 0.6 is 0 Å². The zero-order valence-corrected chi connectivity index (χ0v) is 10.6. The van der Waals surface area contributed by atoms with Crippen molar-refractivity contribution in [1.29, 1.82) is 0 Å². The van der Waals surface area contributed by atoms with E-state index in [1.807, 2.05) is 0 Å². The van der Waals surface area contributed by atoms with E-state index in [0.29, 0.717) is 5.56 Å². The maximum Gasteiger partial charge on any atom is 0.320 e. The van der Waals surface area contributed by atoms with Crippen molar-refractivity contribution < 1.29 is 14.6 Å². The summed E-state index contributed by atoms with van der Waals surface area (Å²) in [5, 5.41) is 22.0. The standard InChI is InChI=1S/C11H14N2O5/c1-6(2)8-5-9(12(14)15)7(3)10(13(16)17)11(8)18-4/h5-6H,1-4H3. The average Bonchev–Trinajstić information content (AvgIpc) is 2.26. The van der Waals surface area contributed by atoms with Gasteiger partial charge in [-0.2, -0.15) is 0 Å². The SMILES string of the molecule is COc1c(C(C)C)cc([N+](=O)[O-])c(C)c1[N+](=O)[O-]. The fraction of sp³-hybridized carbons (Fsp3) is 0.455. The van der Waals surface area contributed by atoms with Crippen molar-refractivity contribution in [1.82, 2.24) is 0 Å². The molecule has 1 aromatic rings. The Morgan fingerprint density at radius 3 is 2.11 bits per heavy atom. The molecular weight excluding hydrogens is 240 g/mol. The van der Waals surface area contributed by atoms with E-state index in [2.05, 4.69) is 0 Å². The minimum atomic E-state index is -0.646. The number of nitro groups is 2. The van der Waals surface area contributed by atoms with Crippen molar-refractivity contribution in [2.24, 2.45) is 0 Å². The van der Waals surface area contributed by atoms with Crippen LogP contribution in [0.3, 0.4) is 0 Å². The van der Waals surface area contributed by atoms with Gasteiger partial charge in [0.2, 0.25) is 5.75 Å². The van der Waals surface area contributed by atoms with Crippen molar-refractivity contribution in [3.05, 3.63) is 37.4 Å². The zero-order chi connectivity index (χ0) is 14.0. The molecule has 0 amide bonds. The Kier molecular flexibility index (Phi) is 3.85. The monoisotopic (exact) mass is 254 g/mol. The molecule has 0 aliphatic carbocycles. The predicted octanol–water partition coefficient (Wildman–Crippen LogP) is 2.94. The summed E-state index contributed by atoms with van der Waals surface area (Å²) in [5.74, 6) is -0.0175. The van der Waals surface area contributed by atoms with E-state index in [1.165, 1.54) is 20.1 Å². The molecule has 98 valence electrons. The van der Waals surface area contributed by atoms with E-state index >= 15 is 0 Å². The first-order valence-corrected chi connectivity index (χ1v) is 5.31. The Morgan fingerprint density at radius 2 is 1.78 bits per heavy atom. The Labute approximate surface area is 104 Å². The lowest BCUT2D eigenvalue weighted by Gasteiger charge is -2.13. The number of nitro benzene ring substituents is 2. The van der Waals surface area contributed by atoms with E-state index in [1.54, 1.807) is 13.8 Å². The second-order valence-electron chi connectivity index (χ2n) is 4.16. The van der Waals surface area contributed by atoms with Gasteiger partial charge in [-0.3, -0.25) is 20.2 Å². The van der Waals surface area contributed by atoms with Crippen molar-refractivity contribution in [2.45, 2.75) is 26.7 Å². The number of nitrogens with zero attached hydrogens (tertiary/aromatic N) is 2. The third kappa shape index (κ3) is 2.24. The minimum Gasteiger partial charge on any atom is -0.490 e. The van der Waals surface area contributed by atoms with Crippen LogP contribution in [0.1, 0.15) is 30.9 Å². The molecule has 0 atom stereocenters. The topological polar surface area (TPSA) is 95.5 Å². The molecule has 0 fully saturated rings. The Balaban J connectivity index is 3.75. The molecule has 0 aliphatic rings. The molecule has 0 radical (unpaired) electrons. The molecule has 7 heteroatoms. The van der Waals surface area contributed by atoms with Gasteiger partial charge in [0.25, 0.3) is 5.69 Å². The van der Waals surface area contributed by atoms with Gasteiger partial charge in [0.1, 0.15) is 5.56 Å². The van der Waals surface area contributed by atoms with E-state index in [4.69, 9.17) is 4.74 Å². The number of hydrogen-bond donors (Lipinski definition) is 0. The van der Waals surface area contributed by atoms with Crippen LogP contribution in [-0.4, -0.2) is 17.0 Å². The van der Waals surface area contributed by atoms with Crippen molar-refractivity contribution >= 4 is 11.4 Å². The van der Waals surface area contributed by atoms with Crippen LogP contribution in [0.25, 0.3) is 0 Å². The minimum absolute atomic E-state index is 0.00579. The van der Waals surface area contributed by atoms with Crippen LogP contribution in [0.15, 0.2) is 6.07 Å². The lowest BCUT2D eigenvalue weighted by molar-refractivity contribution is -0.395. The number of benzene rings is 1. The van der Waals surface area contributed by atoms with Crippen molar-refractivity contribution in [3.8, 4) is 5.75 Å². The number of ether oxygens (including phenoxy) is 1. The van der Waals surface area contributed by atoms with Gasteiger partial charge in [0.05, 0.1) is 17.0 Å². The highest BCUT2D eigenvalue weighted by Gasteiger charge is 2.30. The summed E-state index contributed by atoms with van der Waals surface area (Å²) < 4.78 is 5.05. The maximum absolute atomic E-state index is 11.1. The fourth-order valence-electron chi connectivity index (χ4n) is 1.80. The maximum atomic E-state index is 11.1. The zero-order valence-electron chi connectivity index (χ0n) is 10.6. The van der Waals surface area contributed by atoms with Crippen LogP contribution in [0.2, 0.25) is 0 Å². The van der Waals surface area contributed by atoms with Gasteiger partial charge in [-0.15, -0.1) is 0 Å². The van der Waals surface area contributed by atoms with Crippen molar-refractivity contribution in [3.63, 3.8) is 0 Å². The van der Waals surface area contributed by atoms with Crippen LogP contribution in [0.4, 0.5) is 11.4 Å². The van der Waals surface area contributed by atoms with E-state index < -0.39 is 9.85 Å². The molecule has 0 aromatic heterocycles. The quantitative estimate of drug-likeness (QED) is 0.608. The molecule has 0 N–H and O–H groups in total. The van der Waals surface area contributed by atoms with Crippen molar-refractivity contribution in [2.75, 3.05) is 7.11 Å². The average molecular weight is 254 g/mol. The van der Waals surface area contributed by atoms with Gasteiger partial charge in [0, 0.05) is 11.6 Å². The number of methoxy groups -OCH3 is 1. The summed E-state index contributed by atoms with van der Waals surface area (Å²) in [4.78, 5) is 20.7. The summed E-state index contributed by atoms with van der Waals surface area (Å²) in [6.45, 7) is 4.93. The highest BCUT2D eigenvalue weighted by Crippen LogP contribution is 2.42. The second-order valence-corrected chi connectivity index (χ2v) is 4.16. The smallest absolute Gasteiger partial charge is 0.320 e. The summed E-state index contributed by atoms with van der Waals surface area (Å²) in [7, 11) is 1.32. The van der Waals surface area contributed by atoms with Crippen LogP contribution in [-0.2, 0) is 0 Å². The van der Waals surface area contributed by atoms with E-state index in [9.17, 15) is 20.2 Å². The second kappa shape index (κ2) is 4.99. The molecule has 0 saturated carbocycles. The normalized spacial score (nSPS) is 10.5. The Hall–Kier alpha value is -2.18. The highest BCUT2D eigenvalue weighted by atomic mass is 16.6.